The number of hydrogen-bond donors (Lipinski definition) is 2. The summed E-state index contributed by atoms with van der Waals surface area (Å²) in [4.78, 5) is 18.9. The van der Waals surface area contributed by atoms with Gasteiger partial charge >= 0.3 is 0 Å². The van der Waals surface area contributed by atoms with Crippen LogP contribution in [0.3, 0.4) is 0 Å². The molecule has 1 aromatic rings. The number of nitrogens with one attached hydrogen (secondary N) is 2. The highest BCUT2D eigenvalue weighted by molar-refractivity contribution is 14.0. The van der Waals surface area contributed by atoms with Crippen LogP contribution in [0.25, 0.3) is 0 Å². The van der Waals surface area contributed by atoms with Gasteiger partial charge in [0.1, 0.15) is 5.75 Å². The van der Waals surface area contributed by atoms with Crippen LogP contribution in [0, 0.1) is 0 Å². The van der Waals surface area contributed by atoms with Gasteiger partial charge in [-0.15, -0.1) is 24.0 Å². The van der Waals surface area contributed by atoms with Gasteiger partial charge in [-0.05, 0) is 43.9 Å². The Bertz CT molecular complexity index is 720. The van der Waals surface area contributed by atoms with E-state index in [4.69, 9.17) is 14.5 Å². The first-order valence-corrected chi connectivity index (χ1v) is 11.1. The molecular weight excluding hydrogens is 507 g/mol. The van der Waals surface area contributed by atoms with Crippen molar-refractivity contribution >= 4 is 35.8 Å². The van der Waals surface area contributed by atoms with Crippen LogP contribution >= 0.6 is 24.0 Å². The van der Waals surface area contributed by atoms with E-state index in [0.717, 1.165) is 63.8 Å². The van der Waals surface area contributed by atoms with Gasteiger partial charge < -0.3 is 25.0 Å². The first-order chi connectivity index (χ1) is 14.6. The third kappa shape index (κ3) is 6.71. The maximum absolute atomic E-state index is 12.0. The summed E-state index contributed by atoms with van der Waals surface area (Å²) in [7, 11) is 1.69. The lowest BCUT2D eigenvalue weighted by Crippen LogP contribution is -2.46. The second kappa shape index (κ2) is 12.5. The van der Waals surface area contributed by atoms with Crippen molar-refractivity contribution in [2.45, 2.75) is 51.0 Å². The summed E-state index contributed by atoms with van der Waals surface area (Å²) in [6.07, 6.45) is 3.41. The number of likely N-dealkylation sites (tertiary alicyclic amines) is 1. The van der Waals surface area contributed by atoms with E-state index in [1.165, 1.54) is 5.56 Å². The third-order valence-electron chi connectivity index (χ3n) is 6.22. The summed E-state index contributed by atoms with van der Waals surface area (Å²) in [5.74, 6) is 1.92. The first kappa shape index (κ1) is 25.7. The van der Waals surface area contributed by atoms with Crippen LogP contribution in [0.15, 0.2) is 29.3 Å². The number of carbonyl (C=O) groups excluding carboxylic acids is 1. The molecule has 8 heteroatoms. The highest BCUT2D eigenvalue weighted by Crippen LogP contribution is 2.36. The number of benzene rings is 1. The zero-order chi connectivity index (χ0) is 21.4. The fourth-order valence-corrected chi connectivity index (χ4v) is 4.32. The first-order valence-electron chi connectivity index (χ1n) is 11.1. The van der Waals surface area contributed by atoms with Crippen molar-refractivity contribution in [1.82, 2.24) is 15.5 Å². The number of methoxy groups -OCH3 is 1. The predicted molar refractivity (Wildman–Crippen MR) is 135 cm³/mol. The molecule has 0 saturated carbocycles. The van der Waals surface area contributed by atoms with Gasteiger partial charge in [0.25, 0.3) is 0 Å². The van der Waals surface area contributed by atoms with E-state index in [2.05, 4.69) is 29.7 Å². The second-order valence-electron chi connectivity index (χ2n) is 8.14. The molecule has 174 valence electrons. The Kier molecular flexibility index (Phi) is 10.3. The van der Waals surface area contributed by atoms with Crippen molar-refractivity contribution in [1.29, 1.82) is 0 Å². The quantitative estimate of drug-likeness (QED) is 0.314. The Morgan fingerprint density at radius 1 is 1.26 bits per heavy atom. The van der Waals surface area contributed by atoms with Gasteiger partial charge in [-0.3, -0.25) is 9.79 Å². The Morgan fingerprint density at radius 2 is 1.97 bits per heavy atom. The molecule has 1 unspecified atom stereocenters. The Morgan fingerprint density at radius 3 is 2.58 bits per heavy atom. The molecule has 0 radical (unpaired) electrons. The normalized spacial score (nSPS) is 20.7. The summed E-state index contributed by atoms with van der Waals surface area (Å²) >= 11 is 0. The fourth-order valence-electron chi connectivity index (χ4n) is 4.32. The number of carbonyl (C=O) groups is 1. The SMILES string of the molecule is CCNC(=NCC1(c2ccc(OC)cc2)CCOCC1)NC1CCN(C(=O)CC)C1.I. The van der Waals surface area contributed by atoms with Crippen molar-refractivity contribution in [3.8, 4) is 5.75 Å². The lowest BCUT2D eigenvalue weighted by Gasteiger charge is -2.37. The zero-order valence-corrected chi connectivity index (χ0v) is 21.3. The van der Waals surface area contributed by atoms with Gasteiger partial charge in [-0.25, -0.2) is 0 Å². The van der Waals surface area contributed by atoms with Crippen LogP contribution in [0.1, 0.15) is 45.1 Å². The minimum atomic E-state index is -0.0350. The molecule has 2 fully saturated rings. The summed E-state index contributed by atoms with van der Waals surface area (Å²) < 4.78 is 11.0. The molecule has 0 aromatic heterocycles. The molecule has 2 saturated heterocycles. The minimum absolute atomic E-state index is 0. The zero-order valence-electron chi connectivity index (χ0n) is 19.0. The number of hydrogen-bond acceptors (Lipinski definition) is 4. The predicted octanol–water partition coefficient (Wildman–Crippen LogP) is 2.93. The van der Waals surface area contributed by atoms with Crippen LogP contribution in [-0.4, -0.2) is 69.3 Å². The van der Waals surface area contributed by atoms with E-state index in [-0.39, 0.29) is 41.3 Å². The van der Waals surface area contributed by atoms with Crippen molar-refractivity contribution in [3.05, 3.63) is 29.8 Å². The maximum atomic E-state index is 12.0. The molecular formula is C23H37IN4O3. The Hall–Kier alpha value is -1.55. The number of amides is 1. The molecule has 7 nitrogen and oxygen atoms in total. The van der Waals surface area contributed by atoms with Gasteiger partial charge in [0.05, 0.1) is 13.7 Å². The van der Waals surface area contributed by atoms with Crippen molar-refractivity contribution < 1.29 is 14.3 Å². The number of nitrogens with zero attached hydrogens (tertiary/aromatic N) is 2. The summed E-state index contributed by atoms with van der Waals surface area (Å²) in [5.41, 5.74) is 1.25. The number of ether oxygens (including phenoxy) is 2. The van der Waals surface area contributed by atoms with Gasteiger partial charge in [0.2, 0.25) is 5.91 Å². The minimum Gasteiger partial charge on any atom is -0.497 e. The highest BCUT2D eigenvalue weighted by Gasteiger charge is 2.35. The molecule has 2 aliphatic rings. The average Bonchev–Trinajstić information content (AvgIpc) is 3.26. The van der Waals surface area contributed by atoms with Crippen LogP contribution in [0.2, 0.25) is 0 Å². The topological polar surface area (TPSA) is 75.2 Å². The van der Waals surface area contributed by atoms with Crippen molar-refractivity contribution in [2.75, 3.05) is 46.5 Å². The molecule has 2 aliphatic heterocycles. The molecule has 1 atom stereocenters. The van der Waals surface area contributed by atoms with Crippen LogP contribution in [0.5, 0.6) is 5.75 Å². The van der Waals surface area contributed by atoms with Gasteiger partial charge in [-0.2, -0.15) is 0 Å². The number of halogens is 1. The smallest absolute Gasteiger partial charge is 0.222 e. The van der Waals surface area contributed by atoms with E-state index < -0.39 is 0 Å². The monoisotopic (exact) mass is 544 g/mol. The van der Waals surface area contributed by atoms with Gasteiger partial charge in [0.15, 0.2) is 5.96 Å². The largest absolute Gasteiger partial charge is 0.497 e. The van der Waals surface area contributed by atoms with E-state index in [9.17, 15) is 4.79 Å². The van der Waals surface area contributed by atoms with Gasteiger partial charge in [0, 0.05) is 50.7 Å². The molecule has 1 aromatic carbocycles. The molecule has 3 rings (SSSR count). The van der Waals surface area contributed by atoms with Crippen LogP contribution < -0.4 is 15.4 Å². The summed E-state index contributed by atoms with van der Waals surface area (Å²) in [5, 5.41) is 6.92. The second-order valence-corrected chi connectivity index (χ2v) is 8.14. The van der Waals surface area contributed by atoms with Crippen molar-refractivity contribution in [2.24, 2.45) is 4.99 Å². The third-order valence-corrected chi connectivity index (χ3v) is 6.22. The lowest BCUT2D eigenvalue weighted by molar-refractivity contribution is -0.129. The molecule has 2 N–H and O–H groups in total. The molecule has 0 bridgehead atoms. The van der Waals surface area contributed by atoms with Crippen LogP contribution in [0.4, 0.5) is 0 Å². The molecule has 2 heterocycles. The summed E-state index contributed by atoms with van der Waals surface area (Å²) in [6.45, 7) is 8.56. The highest BCUT2D eigenvalue weighted by atomic mass is 127. The Labute approximate surface area is 203 Å². The standard InChI is InChI=1S/C23H36N4O3.HI/c1-4-21(28)27-13-10-19(16-27)26-22(24-5-2)25-17-23(11-14-30-15-12-23)18-6-8-20(29-3)9-7-18;/h6-9,19H,4-5,10-17H2,1-3H3,(H2,24,25,26);1H. The molecule has 1 amide bonds. The van der Waals surface area contributed by atoms with Crippen LogP contribution in [-0.2, 0) is 14.9 Å². The average molecular weight is 544 g/mol. The van der Waals surface area contributed by atoms with E-state index in [0.29, 0.717) is 13.0 Å². The number of aliphatic imine (C=N–C) groups is 1. The maximum Gasteiger partial charge on any atom is 0.222 e. The summed E-state index contributed by atoms with van der Waals surface area (Å²) in [6, 6.07) is 8.61. The molecule has 0 spiro atoms. The Balaban J connectivity index is 0.00000341. The molecule has 0 aliphatic carbocycles. The lowest BCUT2D eigenvalue weighted by atomic mass is 9.74. The number of guanidine groups is 1. The molecule has 31 heavy (non-hydrogen) atoms. The number of rotatable bonds is 7. The fraction of sp³-hybridized carbons (Fsp3) is 0.652. The van der Waals surface area contributed by atoms with Gasteiger partial charge in [-0.1, -0.05) is 19.1 Å². The van der Waals surface area contributed by atoms with Crippen molar-refractivity contribution in [3.63, 3.8) is 0 Å². The van der Waals surface area contributed by atoms with E-state index in [1.807, 2.05) is 24.0 Å². The van der Waals surface area contributed by atoms with E-state index >= 15 is 0 Å². The van der Waals surface area contributed by atoms with E-state index in [1.54, 1.807) is 7.11 Å².